The fourth-order valence-electron chi connectivity index (χ4n) is 2.70. The number of ether oxygens (including phenoxy) is 1. The molecule has 1 N–H and O–H groups in total. The second kappa shape index (κ2) is 6.76. The zero-order chi connectivity index (χ0) is 12.8. The predicted octanol–water partition coefficient (Wildman–Crippen LogP) is 2.29. The van der Waals surface area contributed by atoms with Crippen LogP contribution in [0.4, 0.5) is 0 Å². The van der Waals surface area contributed by atoms with Crippen molar-refractivity contribution in [1.82, 2.24) is 4.90 Å². The van der Waals surface area contributed by atoms with Crippen molar-refractivity contribution in [3.8, 4) is 5.75 Å². The number of aliphatic hydroxyl groups is 1. The molecule has 100 valence electrons. The summed E-state index contributed by atoms with van der Waals surface area (Å²) in [5, 5.41) is 9.02. The van der Waals surface area contributed by atoms with E-state index in [1.807, 2.05) is 12.1 Å². The summed E-state index contributed by atoms with van der Waals surface area (Å²) >= 11 is 0. The van der Waals surface area contributed by atoms with Gasteiger partial charge in [0.2, 0.25) is 0 Å². The van der Waals surface area contributed by atoms with E-state index in [4.69, 9.17) is 9.84 Å². The number of methoxy groups -OCH3 is 1. The predicted molar refractivity (Wildman–Crippen MR) is 72.7 cm³/mol. The fraction of sp³-hybridized carbons (Fsp3) is 0.600. The molecule has 1 saturated heterocycles. The number of hydrogen-bond acceptors (Lipinski definition) is 3. The summed E-state index contributed by atoms with van der Waals surface area (Å²) in [6, 6.07) is 8.30. The average Bonchev–Trinajstić information content (AvgIpc) is 2.40. The van der Waals surface area contributed by atoms with Gasteiger partial charge >= 0.3 is 0 Å². The van der Waals surface area contributed by atoms with Crippen LogP contribution in [0.5, 0.6) is 5.75 Å². The van der Waals surface area contributed by atoms with E-state index in [9.17, 15) is 0 Å². The van der Waals surface area contributed by atoms with Crippen LogP contribution in [0, 0.1) is 5.92 Å². The molecule has 1 atom stereocenters. The molecule has 2 rings (SSSR count). The Kier molecular flexibility index (Phi) is 5.02. The van der Waals surface area contributed by atoms with Gasteiger partial charge in [-0.05, 0) is 49.4 Å². The van der Waals surface area contributed by atoms with Crippen molar-refractivity contribution < 1.29 is 9.84 Å². The molecular weight excluding hydrogens is 226 g/mol. The number of piperidine rings is 1. The number of nitrogens with zero attached hydrogens (tertiary/aromatic N) is 1. The van der Waals surface area contributed by atoms with Gasteiger partial charge in [0.15, 0.2) is 0 Å². The van der Waals surface area contributed by atoms with Gasteiger partial charge in [0.05, 0.1) is 7.11 Å². The Morgan fingerprint density at radius 2 is 2.11 bits per heavy atom. The van der Waals surface area contributed by atoms with Gasteiger partial charge in [-0.1, -0.05) is 12.1 Å². The molecule has 1 aliphatic rings. The Labute approximate surface area is 109 Å². The topological polar surface area (TPSA) is 32.7 Å². The van der Waals surface area contributed by atoms with Gasteiger partial charge < -0.3 is 9.84 Å². The zero-order valence-electron chi connectivity index (χ0n) is 11.1. The first-order valence-electron chi connectivity index (χ1n) is 6.78. The summed E-state index contributed by atoms with van der Waals surface area (Å²) in [5.74, 6) is 1.58. The lowest BCUT2D eigenvalue weighted by molar-refractivity contribution is 0.142. The van der Waals surface area contributed by atoms with E-state index in [0.29, 0.717) is 12.5 Å². The van der Waals surface area contributed by atoms with Gasteiger partial charge in [-0.3, -0.25) is 4.90 Å². The Balaban J connectivity index is 1.87. The number of benzene rings is 1. The van der Waals surface area contributed by atoms with Crippen LogP contribution < -0.4 is 4.74 Å². The van der Waals surface area contributed by atoms with Crippen LogP contribution in [-0.4, -0.2) is 36.8 Å². The van der Waals surface area contributed by atoms with Crippen LogP contribution in [0.25, 0.3) is 0 Å². The molecule has 3 heteroatoms. The van der Waals surface area contributed by atoms with Gasteiger partial charge in [0.1, 0.15) is 5.75 Å². The van der Waals surface area contributed by atoms with E-state index in [1.165, 1.54) is 24.9 Å². The van der Waals surface area contributed by atoms with E-state index in [-0.39, 0.29) is 0 Å². The SMILES string of the molecule is COc1ccc(CN2CCCC(CCO)C2)cc1. The Morgan fingerprint density at radius 1 is 1.33 bits per heavy atom. The minimum absolute atomic E-state index is 0.320. The van der Waals surface area contributed by atoms with Gasteiger partial charge in [0, 0.05) is 19.7 Å². The van der Waals surface area contributed by atoms with Crippen LogP contribution in [0.3, 0.4) is 0 Å². The van der Waals surface area contributed by atoms with Crippen LogP contribution in [0.15, 0.2) is 24.3 Å². The molecule has 0 spiro atoms. The smallest absolute Gasteiger partial charge is 0.118 e. The highest BCUT2D eigenvalue weighted by Gasteiger charge is 2.19. The first kappa shape index (κ1) is 13.4. The maximum Gasteiger partial charge on any atom is 0.118 e. The first-order chi connectivity index (χ1) is 8.81. The van der Waals surface area contributed by atoms with E-state index in [1.54, 1.807) is 7.11 Å². The van der Waals surface area contributed by atoms with E-state index < -0.39 is 0 Å². The van der Waals surface area contributed by atoms with Crippen molar-refractivity contribution >= 4 is 0 Å². The molecule has 1 aromatic rings. The molecule has 0 aliphatic carbocycles. The quantitative estimate of drug-likeness (QED) is 0.869. The Hall–Kier alpha value is -1.06. The minimum atomic E-state index is 0.320. The van der Waals surface area contributed by atoms with Crippen LogP contribution in [-0.2, 0) is 6.54 Å². The molecular formula is C15H23NO2. The minimum Gasteiger partial charge on any atom is -0.497 e. The average molecular weight is 249 g/mol. The molecule has 0 bridgehead atoms. The lowest BCUT2D eigenvalue weighted by Crippen LogP contribution is -2.35. The number of likely N-dealkylation sites (tertiary alicyclic amines) is 1. The van der Waals surface area contributed by atoms with E-state index >= 15 is 0 Å². The lowest BCUT2D eigenvalue weighted by Gasteiger charge is -2.32. The van der Waals surface area contributed by atoms with Crippen LogP contribution in [0.2, 0.25) is 0 Å². The largest absolute Gasteiger partial charge is 0.497 e. The van der Waals surface area contributed by atoms with Crippen molar-refractivity contribution in [1.29, 1.82) is 0 Å². The van der Waals surface area contributed by atoms with E-state index in [0.717, 1.165) is 25.3 Å². The molecule has 3 nitrogen and oxygen atoms in total. The van der Waals surface area contributed by atoms with Gasteiger partial charge in [-0.2, -0.15) is 0 Å². The monoisotopic (exact) mass is 249 g/mol. The Bertz CT molecular complexity index is 348. The maximum atomic E-state index is 9.02. The molecule has 0 saturated carbocycles. The summed E-state index contributed by atoms with van der Waals surface area (Å²) in [7, 11) is 1.69. The van der Waals surface area contributed by atoms with Crippen LogP contribution in [0.1, 0.15) is 24.8 Å². The third-order valence-corrected chi connectivity index (χ3v) is 3.71. The zero-order valence-corrected chi connectivity index (χ0v) is 11.1. The van der Waals surface area contributed by atoms with Crippen LogP contribution >= 0.6 is 0 Å². The molecule has 1 fully saturated rings. The van der Waals surface area contributed by atoms with Crippen molar-refractivity contribution in [3.05, 3.63) is 29.8 Å². The summed E-state index contributed by atoms with van der Waals surface area (Å²) in [4.78, 5) is 2.49. The molecule has 1 unspecified atom stereocenters. The highest BCUT2D eigenvalue weighted by molar-refractivity contribution is 5.27. The van der Waals surface area contributed by atoms with Gasteiger partial charge in [-0.15, -0.1) is 0 Å². The van der Waals surface area contributed by atoms with Crippen molar-refractivity contribution in [2.75, 3.05) is 26.8 Å². The molecule has 1 heterocycles. The van der Waals surface area contributed by atoms with Gasteiger partial charge in [-0.25, -0.2) is 0 Å². The van der Waals surface area contributed by atoms with Crippen molar-refractivity contribution in [2.45, 2.75) is 25.8 Å². The highest BCUT2D eigenvalue weighted by atomic mass is 16.5. The summed E-state index contributed by atoms with van der Waals surface area (Å²) in [6.07, 6.45) is 3.46. The van der Waals surface area contributed by atoms with Crippen molar-refractivity contribution in [3.63, 3.8) is 0 Å². The lowest BCUT2D eigenvalue weighted by atomic mass is 9.95. The third kappa shape index (κ3) is 3.72. The summed E-state index contributed by atoms with van der Waals surface area (Å²) in [5.41, 5.74) is 1.33. The van der Waals surface area contributed by atoms with Gasteiger partial charge in [0.25, 0.3) is 0 Å². The summed E-state index contributed by atoms with van der Waals surface area (Å²) in [6.45, 7) is 3.62. The number of rotatable bonds is 5. The molecule has 0 radical (unpaired) electrons. The molecule has 0 amide bonds. The van der Waals surface area contributed by atoms with E-state index in [2.05, 4.69) is 17.0 Å². The molecule has 18 heavy (non-hydrogen) atoms. The second-order valence-corrected chi connectivity index (χ2v) is 5.10. The highest BCUT2D eigenvalue weighted by Crippen LogP contribution is 2.21. The molecule has 0 aromatic heterocycles. The van der Waals surface area contributed by atoms with Crippen molar-refractivity contribution in [2.24, 2.45) is 5.92 Å². The fourth-order valence-corrected chi connectivity index (χ4v) is 2.70. The second-order valence-electron chi connectivity index (χ2n) is 5.10. The molecule has 1 aliphatic heterocycles. The Morgan fingerprint density at radius 3 is 2.78 bits per heavy atom. The summed E-state index contributed by atoms with van der Waals surface area (Å²) < 4.78 is 5.17. The standard InChI is InChI=1S/C15H23NO2/c1-18-15-6-4-14(5-7-15)12-16-9-2-3-13(11-16)8-10-17/h4-7,13,17H,2-3,8-12H2,1H3. The third-order valence-electron chi connectivity index (χ3n) is 3.71. The normalized spacial score (nSPS) is 20.9. The number of aliphatic hydroxyl groups excluding tert-OH is 1. The maximum absolute atomic E-state index is 9.02. The molecule has 1 aromatic carbocycles. The number of hydrogen-bond donors (Lipinski definition) is 1. The first-order valence-corrected chi connectivity index (χ1v) is 6.78.